The average molecular weight is 270 g/mol. The molecule has 0 aliphatic rings. The molecule has 20 heavy (non-hydrogen) atoms. The highest BCUT2D eigenvalue weighted by molar-refractivity contribution is 5.43. The SMILES string of the molecule is CCNc1ccnc(Cn2nc3cnccn3c2=O)c1. The summed E-state index contributed by atoms with van der Waals surface area (Å²) in [6.45, 7) is 3.20. The number of anilines is 1. The Morgan fingerprint density at radius 1 is 1.35 bits per heavy atom. The third kappa shape index (κ3) is 2.25. The van der Waals surface area contributed by atoms with Gasteiger partial charge in [0, 0.05) is 30.8 Å². The molecule has 0 amide bonds. The van der Waals surface area contributed by atoms with Crippen molar-refractivity contribution < 1.29 is 0 Å². The molecule has 1 N–H and O–H groups in total. The minimum atomic E-state index is -0.196. The molecule has 3 aromatic rings. The van der Waals surface area contributed by atoms with Gasteiger partial charge in [0.25, 0.3) is 0 Å². The molecule has 7 heteroatoms. The molecule has 0 fully saturated rings. The van der Waals surface area contributed by atoms with Crippen LogP contribution in [0.15, 0.2) is 41.7 Å². The third-order valence-electron chi connectivity index (χ3n) is 2.90. The molecule has 0 radical (unpaired) electrons. The Balaban J connectivity index is 1.95. The van der Waals surface area contributed by atoms with Crippen LogP contribution in [0.2, 0.25) is 0 Å². The van der Waals surface area contributed by atoms with Gasteiger partial charge in [-0.2, -0.15) is 0 Å². The van der Waals surface area contributed by atoms with E-state index in [0.29, 0.717) is 12.2 Å². The Morgan fingerprint density at radius 2 is 2.25 bits per heavy atom. The van der Waals surface area contributed by atoms with Crippen molar-refractivity contribution in [3.8, 4) is 0 Å². The fraction of sp³-hybridized carbons (Fsp3) is 0.231. The van der Waals surface area contributed by atoms with Gasteiger partial charge in [0.2, 0.25) is 0 Å². The van der Waals surface area contributed by atoms with Gasteiger partial charge in [0.1, 0.15) is 0 Å². The lowest BCUT2D eigenvalue weighted by atomic mass is 10.3. The van der Waals surface area contributed by atoms with Crippen molar-refractivity contribution in [2.24, 2.45) is 0 Å². The summed E-state index contributed by atoms with van der Waals surface area (Å²) in [5.41, 5.74) is 2.09. The van der Waals surface area contributed by atoms with E-state index in [1.165, 1.54) is 9.08 Å². The Labute approximate surface area is 114 Å². The maximum atomic E-state index is 12.1. The van der Waals surface area contributed by atoms with Crippen LogP contribution in [0.5, 0.6) is 0 Å². The maximum absolute atomic E-state index is 12.1. The number of hydrogen-bond acceptors (Lipinski definition) is 5. The lowest BCUT2D eigenvalue weighted by Gasteiger charge is -2.05. The fourth-order valence-corrected chi connectivity index (χ4v) is 2.02. The lowest BCUT2D eigenvalue weighted by molar-refractivity contribution is 0.646. The molecule has 0 bridgehead atoms. The summed E-state index contributed by atoms with van der Waals surface area (Å²) in [5, 5.41) is 7.44. The van der Waals surface area contributed by atoms with Crippen LogP contribution in [0.3, 0.4) is 0 Å². The number of rotatable bonds is 4. The standard InChI is InChI=1S/C13H14N6O/c1-2-15-10-3-4-16-11(7-10)9-19-13(20)18-6-5-14-8-12(18)17-19/h3-8H,2,9H2,1H3,(H,15,16). The van der Waals surface area contributed by atoms with Crippen LogP contribution in [0, 0.1) is 0 Å². The largest absolute Gasteiger partial charge is 0.385 e. The molecular weight excluding hydrogens is 256 g/mol. The highest BCUT2D eigenvalue weighted by Gasteiger charge is 2.07. The van der Waals surface area contributed by atoms with Crippen molar-refractivity contribution in [3.05, 3.63) is 53.1 Å². The first-order chi connectivity index (χ1) is 9.78. The molecule has 0 aromatic carbocycles. The van der Waals surface area contributed by atoms with Gasteiger partial charge in [-0.05, 0) is 19.1 Å². The normalized spacial score (nSPS) is 10.8. The summed E-state index contributed by atoms with van der Waals surface area (Å²) in [6, 6.07) is 3.81. The summed E-state index contributed by atoms with van der Waals surface area (Å²) in [7, 11) is 0. The highest BCUT2D eigenvalue weighted by atomic mass is 16.2. The Kier molecular flexibility index (Phi) is 3.16. The molecule has 0 spiro atoms. The molecule has 3 rings (SSSR count). The van der Waals surface area contributed by atoms with E-state index in [2.05, 4.69) is 20.4 Å². The second kappa shape index (κ2) is 5.12. The highest BCUT2D eigenvalue weighted by Crippen LogP contribution is 2.08. The van der Waals surface area contributed by atoms with E-state index in [4.69, 9.17) is 0 Å². The number of fused-ring (bicyclic) bond motifs is 1. The van der Waals surface area contributed by atoms with Crippen molar-refractivity contribution in [1.82, 2.24) is 24.1 Å². The zero-order valence-corrected chi connectivity index (χ0v) is 11.0. The van der Waals surface area contributed by atoms with Crippen molar-refractivity contribution >= 4 is 11.3 Å². The minimum absolute atomic E-state index is 0.196. The molecule has 0 unspecified atom stereocenters. The van der Waals surface area contributed by atoms with Gasteiger partial charge in [0.15, 0.2) is 5.65 Å². The van der Waals surface area contributed by atoms with E-state index in [9.17, 15) is 4.79 Å². The van der Waals surface area contributed by atoms with Gasteiger partial charge in [-0.3, -0.25) is 9.97 Å². The van der Waals surface area contributed by atoms with E-state index in [0.717, 1.165) is 17.9 Å². The summed E-state index contributed by atoms with van der Waals surface area (Å²) in [5.74, 6) is 0. The molecule has 3 aromatic heterocycles. The second-order valence-corrected chi connectivity index (χ2v) is 4.31. The quantitative estimate of drug-likeness (QED) is 0.757. The van der Waals surface area contributed by atoms with Crippen molar-refractivity contribution in [2.45, 2.75) is 13.5 Å². The van der Waals surface area contributed by atoms with E-state index in [-0.39, 0.29) is 5.69 Å². The Morgan fingerprint density at radius 3 is 3.05 bits per heavy atom. The number of nitrogens with zero attached hydrogens (tertiary/aromatic N) is 5. The average Bonchev–Trinajstić information content (AvgIpc) is 2.77. The van der Waals surface area contributed by atoms with E-state index >= 15 is 0 Å². The van der Waals surface area contributed by atoms with E-state index < -0.39 is 0 Å². The first kappa shape index (κ1) is 12.3. The number of aromatic nitrogens is 5. The zero-order valence-electron chi connectivity index (χ0n) is 11.0. The van der Waals surface area contributed by atoms with Gasteiger partial charge < -0.3 is 5.32 Å². The molecule has 3 heterocycles. The van der Waals surface area contributed by atoms with Gasteiger partial charge >= 0.3 is 5.69 Å². The fourth-order valence-electron chi connectivity index (χ4n) is 2.02. The Hall–Kier alpha value is -2.70. The molecule has 0 aliphatic carbocycles. The second-order valence-electron chi connectivity index (χ2n) is 4.31. The van der Waals surface area contributed by atoms with Crippen LogP contribution >= 0.6 is 0 Å². The predicted octanol–water partition coefficient (Wildman–Crippen LogP) is 0.766. The van der Waals surface area contributed by atoms with E-state index in [1.807, 2.05) is 19.1 Å². The molecular formula is C13H14N6O. The van der Waals surface area contributed by atoms with Crippen molar-refractivity contribution in [1.29, 1.82) is 0 Å². The maximum Gasteiger partial charge on any atom is 0.350 e. The predicted molar refractivity (Wildman–Crippen MR) is 74.7 cm³/mol. The molecule has 0 aliphatic heterocycles. The number of hydrogen-bond donors (Lipinski definition) is 1. The first-order valence-corrected chi connectivity index (χ1v) is 6.36. The minimum Gasteiger partial charge on any atom is -0.385 e. The van der Waals surface area contributed by atoms with Gasteiger partial charge in [0.05, 0.1) is 18.4 Å². The van der Waals surface area contributed by atoms with Crippen LogP contribution in [0.4, 0.5) is 5.69 Å². The summed E-state index contributed by atoms with van der Waals surface area (Å²) >= 11 is 0. The molecule has 7 nitrogen and oxygen atoms in total. The third-order valence-corrected chi connectivity index (χ3v) is 2.90. The van der Waals surface area contributed by atoms with Crippen molar-refractivity contribution in [3.63, 3.8) is 0 Å². The Bertz CT molecular complexity index is 791. The molecule has 0 saturated heterocycles. The molecule has 0 saturated carbocycles. The van der Waals surface area contributed by atoms with Gasteiger partial charge in [-0.25, -0.2) is 13.9 Å². The van der Waals surface area contributed by atoms with Crippen LogP contribution in [0.25, 0.3) is 5.65 Å². The first-order valence-electron chi connectivity index (χ1n) is 6.36. The van der Waals surface area contributed by atoms with Gasteiger partial charge in [-0.1, -0.05) is 0 Å². The van der Waals surface area contributed by atoms with Crippen LogP contribution in [-0.2, 0) is 6.54 Å². The summed E-state index contributed by atoms with van der Waals surface area (Å²) in [4.78, 5) is 20.4. The lowest BCUT2D eigenvalue weighted by Crippen LogP contribution is -2.22. The molecule has 0 atom stereocenters. The zero-order chi connectivity index (χ0) is 13.9. The smallest absolute Gasteiger partial charge is 0.350 e. The molecule has 102 valence electrons. The summed E-state index contributed by atoms with van der Waals surface area (Å²) in [6.07, 6.45) is 6.43. The van der Waals surface area contributed by atoms with E-state index in [1.54, 1.807) is 24.8 Å². The number of nitrogens with one attached hydrogen (secondary N) is 1. The monoisotopic (exact) mass is 270 g/mol. The van der Waals surface area contributed by atoms with Crippen LogP contribution < -0.4 is 11.0 Å². The van der Waals surface area contributed by atoms with Crippen molar-refractivity contribution in [2.75, 3.05) is 11.9 Å². The summed E-state index contributed by atoms with van der Waals surface area (Å²) < 4.78 is 2.84. The van der Waals surface area contributed by atoms with Gasteiger partial charge in [-0.15, -0.1) is 5.10 Å². The number of pyridine rings is 1. The van der Waals surface area contributed by atoms with Crippen LogP contribution in [-0.4, -0.2) is 30.7 Å². The topological polar surface area (TPSA) is 77.1 Å². The van der Waals surface area contributed by atoms with Crippen LogP contribution in [0.1, 0.15) is 12.6 Å².